The number of quaternary nitrogens is 1. The number of non-ortho nitro benzene ring substituents is 1. The van der Waals surface area contributed by atoms with Crippen LogP contribution in [0, 0.1) is 10.1 Å². The number of halogens is 1. The second-order valence-corrected chi connectivity index (χ2v) is 13.1. The molecule has 0 saturated carbocycles. The lowest BCUT2D eigenvalue weighted by Crippen LogP contribution is -3.11. The molecule has 48 heavy (non-hydrogen) atoms. The maximum absolute atomic E-state index is 14.1. The van der Waals surface area contributed by atoms with Gasteiger partial charge >= 0.3 is 11.9 Å². The molecule has 1 aliphatic heterocycles. The fourth-order valence-corrected chi connectivity index (χ4v) is 6.41. The van der Waals surface area contributed by atoms with E-state index in [1.54, 1.807) is 39.8 Å². The minimum atomic E-state index is -0.923. The topological polar surface area (TPSA) is 112 Å². The molecule has 3 aromatic rings. The van der Waals surface area contributed by atoms with E-state index in [-0.39, 0.29) is 35.2 Å². The number of hydrogen-bond acceptors (Lipinski definition) is 7. The first kappa shape index (κ1) is 38.0. The maximum atomic E-state index is 14.1. The van der Waals surface area contributed by atoms with Gasteiger partial charge in [-0.2, -0.15) is 0 Å². The number of dihydropyridines is 1. The molecule has 10 heteroatoms. The van der Waals surface area contributed by atoms with E-state index in [1.807, 2.05) is 26.0 Å². The summed E-state index contributed by atoms with van der Waals surface area (Å²) in [7, 11) is 2.09. The van der Waals surface area contributed by atoms with Crippen LogP contribution in [-0.4, -0.2) is 48.7 Å². The summed E-state index contributed by atoms with van der Waals surface area (Å²) < 4.78 is 11.8. The Hall–Kier alpha value is -4.47. The van der Waals surface area contributed by atoms with Crippen molar-refractivity contribution < 1.29 is 41.3 Å². The summed E-state index contributed by atoms with van der Waals surface area (Å²) in [5, 5.41) is 14.8. The summed E-state index contributed by atoms with van der Waals surface area (Å²) in [6.07, 6.45) is 0.495. The highest BCUT2D eigenvalue weighted by Gasteiger charge is 2.41. The molecular formula is C38H46ClN3O6. The molecule has 0 bridgehead atoms. The van der Waals surface area contributed by atoms with Gasteiger partial charge in [-0.05, 0) is 58.2 Å². The van der Waals surface area contributed by atoms with Crippen molar-refractivity contribution >= 4 is 17.6 Å². The van der Waals surface area contributed by atoms with Crippen molar-refractivity contribution in [2.45, 2.75) is 71.5 Å². The van der Waals surface area contributed by atoms with Gasteiger partial charge < -0.3 is 32.1 Å². The number of rotatable bonds is 13. The number of ether oxygens (including phenoxy) is 2. The van der Waals surface area contributed by atoms with Crippen molar-refractivity contribution in [2.24, 2.45) is 0 Å². The Labute approximate surface area is 289 Å². The van der Waals surface area contributed by atoms with Gasteiger partial charge in [-0.25, -0.2) is 9.59 Å². The number of benzene rings is 3. The number of nitro benzene ring substituents is 1. The molecule has 2 unspecified atom stereocenters. The minimum absolute atomic E-state index is 0. The maximum Gasteiger partial charge on any atom is 0.337 e. The number of nitro groups is 1. The predicted molar refractivity (Wildman–Crippen MR) is 182 cm³/mol. The molecule has 0 spiro atoms. The van der Waals surface area contributed by atoms with Crippen LogP contribution >= 0.6 is 0 Å². The van der Waals surface area contributed by atoms with Gasteiger partial charge in [0, 0.05) is 35.9 Å². The SMILES string of the molecule is CC1=C(C(=O)OC(C)C)C(c2cccc([N+](=O)[O-])c2)C(C(=O)OC(C)(C)C[NH+](C)CCC(c2ccccc2)c2ccccc2)=C(C)N1.[Cl-]. The summed E-state index contributed by atoms with van der Waals surface area (Å²) >= 11 is 0. The average molecular weight is 676 g/mol. The molecule has 2 N–H and O–H groups in total. The summed E-state index contributed by atoms with van der Waals surface area (Å²) in [5.74, 6) is -1.89. The molecule has 0 saturated heterocycles. The highest BCUT2D eigenvalue weighted by molar-refractivity contribution is 6.00. The standard InChI is InChI=1S/C38H45N3O6.ClH/c1-25(2)46-36(42)33-26(3)39-27(4)34(35(33)30-19-14-20-31(23-30)41(44)45)37(43)47-38(5,6)24-40(7)22-21-32(28-15-10-8-11-16-28)29-17-12-9-13-18-29;/h8-20,23,25,32,35,39H,21-22,24H2,1-7H3;1H. The van der Waals surface area contributed by atoms with E-state index in [0.29, 0.717) is 23.5 Å². The normalized spacial score (nSPS) is 15.5. The Kier molecular flexibility index (Phi) is 13.1. The lowest BCUT2D eigenvalue weighted by atomic mass is 9.80. The third-order valence-electron chi connectivity index (χ3n) is 8.32. The second-order valence-electron chi connectivity index (χ2n) is 13.1. The lowest BCUT2D eigenvalue weighted by Gasteiger charge is -2.33. The van der Waals surface area contributed by atoms with Crippen LogP contribution in [0.1, 0.15) is 76.5 Å². The van der Waals surface area contributed by atoms with Crippen molar-refractivity contribution in [1.82, 2.24) is 5.32 Å². The molecule has 0 aliphatic carbocycles. The summed E-state index contributed by atoms with van der Waals surface area (Å²) in [6, 6.07) is 26.9. The van der Waals surface area contributed by atoms with Crippen LogP contribution in [0.15, 0.2) is 107 Å². The Bertz CT molecular complexity index is 1610. The van der Waals surface area contributed by atoms with Crippen LogP contribution in [0.5, 0.6) is 0 Å². The Morgan fingerprint density at radius 1 is 0.896 bits per heavy atom. The van der Waals surface area contributed by atoms with Gasteiger partial charge in [0.15, 0.2) is 5.60 Å². The molecule has 2 atom stereocenters. The molecule has 1 heterocycles. The average Bonchev–Trinajstić information content (AvgIpc) is 3.00. The van der Waals surface area contributed by atoms with Gasteiger partial charge in [0.1, 0.15) is 6.54 Å². The number of allylic oxidation sites excluding steroid dienone is 2. The molecule has 3 aromatic carbocycles. The molecule has 256 valence electrons. The first-order chi connectivity index (χ1) is 22.3. The van der Waals surface area contributed by atoms with Crippen LogP contribution in [0.2, 0.25) is 0 Å². The zero-order valence-electron chi connectivity index (χ0n) is 28.7. The zero-order chi connectivity index (χ0) is 34.3. The Balaban J connectivity index is 0.00000625. The number of esters is 2. The molecule has 0 aromatic heterocycles. The Morgan fingerprint density at radius 2 is 1.44 bits per heavy atom. The van der Waals surface area contributed by atoms with Crippen LogP contribution in [0.25, 0.3) is 0 Å². The van der Waals surface area contributed by atoms with Gasteiger partial charge in [-0.15, -0.1) is 0 Å². The van der Waals surface area contributed by atoms with E-state index in [2.05, 4.69) is 60.9 Å². The first-order valence-corrected chi connectivity index (χ1v) is 16.1. The molecule has 0 amide bonds. The number of hydrogen-bond donors (Lipinski definition) is 2. The number of carbonyl (C=O) groups excluding carboxylic acids is 2. The van der Waals surface area contributed by atoms with Crippen molar-refractivity contribution in [2.75, 3.05) is 20.1 Å². The van der Waals surface area contributed by atoms with Crippen LogP contribution in [0.3, 0.4) is 0 Å². The van der Waals surface area contributed by atoms with Gasteiger partial charge in [0.05, 0.1) is 41.7 Å². The van der Waals surface area contributed by atoms with Crippen molar-refractivity contribution in [1.29, 1.82) is 0 Å². The summed E-state index contributed by atoms with van der Waals surface area (Å²) in [6.45, 7) is 12.1. The van der Waals surface area contributed by atoms with E-state index in [4.69, 9.17) is 9.47 Å². The van der Waals surface area contributed by atoms with Crippen LogP contribution in [0.4, 0.5) is 5.69 Å². The zero-order valence-corrected chi connectivity index (χ0v) is 29.5. The fourth-order valence-electron chi connectivity index (χ4n) is 6.41. The van der Waals surface area contributed by atoms with Gasteiger partial charge in [0.2, 0.25) is 0 Å². The number of carbonyl (C=O) groups is 2. The van der Waals surface area contributed by atoms with Crippen molar-refractivity contribution in [3.63, 3.8) is 0 Å². The third kappa shape index (κ3) is 9.55. The molecular weight excluding hydrogens is 630 g/mol. The monoisotopic (exact) mass is 675 g/mol. The fraction of sp³-hybridized carbons (Fsp3) is 0.368. The minimum Gasteiger partial charge on any atom is -1.00 e. The molecule has 4 rings (SSSR count). The van der Waals surface area contributed by atoms with Crippen molar-refractivity contribution in [3.8, 4) is 0 Å². The number of nitrogens with zero attached hydrogens (tertiary/aromatic N) is 1. The summed E-state index contributed by atoms with van der Waals surface area (Å²) in [4.78, 5) is 39.9. The van der Waals surface area contributed by atoms with E-state index in [0.717, 1.165) is 13.0 Å². The second kappa shape index (κ2) is 16.6. The Morgan fingerprint density at radius 3 is 1.96 bits per heavy atom. The van der Waals surface area contributed by atoms with Crippen LogP contribution in [-0.2, 0) is 19.1 Å². The van der Waals surface area contributed by atoms with Gasteiger partial charge in [-0.1, -0.05) is 72.8 Å². The highest BCUT2D eigenvalue weighted by Crippen LogP contribution is 2.41. The third-order valence-corrected chi connectivity index (χ3v) is 8.32. The van der Waals surface area contributed by atoms with E-state index in [9.17, 15) is 19.7 Å². The molecule has 9 nitrogen and oxygen atoms in total. The molecule has 0 radical (unpaired) electrons. The smallest absolute Gasteiger partial charge is 0.337 e. The first-order valence-electron chi connectivity index (χ1n) is 16.1. The molecule has 1 aliphatic rings. The van der Waals surface area contributed by atoms with E-state index in [1.165, 1.54) is 28.2 Å². The largest absolute Gasteiger partial charge is 1.00 e. The predicted octanol–water partition coefficient (Wildman–Crippen LogP) is 2.84. The van der Waals surface area contributed by atoms with Gasteiger partial charge in [-0.3, -0.25) is 10.1 Å². The lowest BCUT2D eigenvalue weighted by molar-refractivity contribution is -0.886. The van der Waals surface area contributed by atoms with E-state index < -0.39 is 34.5 Å². The number of likely N-dealkylation sites (N-methyl/N-ethyl adjacent to an activating group) is 1. The molecule has 0 fully saturated rings. The van der Waals surface area contributed by atoms with Gasteiger partial charge in [0.25, 0.3) is 5.69 Å². The van der Waals surface area contributed by atoms with E-state index >= 15 is 0 Å². The summed E-state index contributed by atoms with van der Waals surface area (Å²) in [5.41, 5.74) is 3.37. The van der Waals surface area contributed by atoms with Crippen molar-refractivity contribution in [3.05, 3.63) is 134 Å². The highest BCUT2D eigenvalue weighted by atomic mass is 35.5. The number of nitrogens with one attached hydrogen (secondary N) is 2. The quantitative estimate of drug-likeness (QED) is 0.163. The van der Waals surface area contributed by atoms with Crippen LogP contribution < -0.4 is 22.6 Å².